The Morgan fingerprint density at radius 2 is 1.38 bits per heavy atom. The van der Waals surface area contributed by atoms with Gasteiger partial charge in [0.2, 0.25) is 0 Å². The molecule has 0 radical (unpaired) electrons. The topological polar surface area (TPSA) is 47.0 Å². The first-order valence-electron chi connectivity index (χ1n) is 6.12. The van der Waals surface area contributed by atoms with Crippen LogP contribution in [0.3, 0.4) is 0 Å². The molecule has 0 aliphatic heterocycles. The van der Waals surface area contributed by atoms with E-state index in [2.05, 4.69) is 4.98 Å². The summed E-state index contributed by atoms with van der Waals surface area (Å²) in [7, 11) is 1.63. The molecular formula is C15H10ClNO2S2. The molecule has 0 N–H and O–H groups in total. The maximum absolute atomic E-state index is 11.8. The summed E-state index contributed by atoms with van der Waals surface area (Å²) in [4.78, 5) is 4.79. The number of halogens is 1. The van der Waals surface area contributed by atoms with E-state index in [0.717, 1.165) is 11.1 Å². The summed E-state index contributed by atoms with van der Waals surface area (Å²) in [6.07, 6.45) is 0. The van der Waals surface area contributed by atoms with Crippen LogP contribution in [0.15, 0.2) is 65.7 Å². The van der Waals surface area contributed by atoms with Gasteiger partial charge in [-0.2, -0.15) is 0 Å². The van der Waals surface area contributed by atoms with Crippen LogP contribution in [0.2, 0.25) is 0 Å². The number of nitrogens with zero attached hydrogens (tertiary/aromatic N) is 1. The molecule has 1 heterocycles. The number of benzene rings is 2. The minimum atomic E-state index is -3.90. The third-order valence-electron chi connectivity index (χ3n) is 2.88. The summed E-state index contributed by atoms with van der Waals surface area (Å²) in [5, 5.41) is 0.549. The zero-order chi connectivity index (χ0) is 14.9. The van der Waals surface area contributed by atoms with Gasteiger partial charge in [0.05, 0.1) is 4.88 Å². The van der Waals surface area contributed by atoms with Crippen LogP contribution in [0, 0.1) is 0 Å². The van der Waals surface area contributed by atoms with E-state index < -0.39 is 9.05 Å². The van der Waals surface area contributed by atoms with Gasteiger partial charge in [-0.3, -0.25) is 0 Å². The van der Waals surface area contributed by atoms with Gasteiger partial charge in [0, 0.05) is 16.2 Å². The number of hydrogen-bond acceptors (Lipinski definition) is 4. The molecule has 3 rings (SSSR count). The highest BCUT2D eigenvalue weighted by Gasteiger charge is 2.23. The van der Waals surface area contributed by atoms with Gasteiger partial charge in [0.25, 0.3) is 9.05 Å². The van der Waals surface area contributed by atoms with Crippen molar-refractivity contribution in [2.75, 3.05) is 0 Å². The minimum Gasteiger partial charge on any atom is -0.223 e. The Hall–Kier alpha value is -1.69. The summed E-state index contributed by atoms with van der Waals surface area (Å²) in [6.45, 7) is 0. The predicted molar refractivity (Wildman–Crippen MR) is 86.0 cm³/mol. The lowest BCUT2D eigenvalue weighted by molar-refractivity contribution is 0.607. The lowest BCUT2D eigenvalue weighted by atomic mass is 10.2. The molecular weight excluding hydrogens is 326 g/mol. The molecule has 0 amide bonds. The lowest BCUT2D eigenvalue weighted by Gasteiger charge is -1.98. The summed E-state index contributed by atoms with van der Waals surface area (Å²) in [5.74, 6) is 0. The minimum absolute atomic E-state index is 0.0841. The molecule has 3 aromatic rings. The van der Waals surface area contributed by atoms with E-state index in [-0.39, 0.29) is 5.03 Å². The largest absolute Gasteiger partial charge is 0.280 e. The second-order valence-corrected chi connectivity index (χ2v) is 7.80. The monoisotopic (exact) mass is 335 g/mol. The van der Waals surface area contributed by atoms with Crippen LogP contribution in [0.4, 0.5) is 0 Å². The molecule has 6 heteroatoms. The van der Waals surface area contributed by atoms with E-state index in [0.29, 0.717) is 9.88 Å². The quantitative estimate of drug-likeness (QED) is 0.666. The zero-order valence-electron chi connectivity index (χ0n) is 10.7. The Kier molecular flexibility index (Phi) is 3.80. The van der Waals surface area contributed by atoms with Gasteiger partial charge in [0.1, 0.15) is 5.01 Å². The fourth-order valence-electron chi connectivity index (χ4n) is 1.95. The van der Waals surface area contributed by atoms with E-state index in [9.17, 15) is 8.42 Å². The van der Waals surface area contributed by atoms with Gasteiger partial charge >= 0.3 is 0 Å². The Balaban J connectivity index is 2.22. The number of hydrogen-bond donors (Lipinski definition) is 0. The van der Waals surface area contributed by atoms with Crippen molar-refractivity contribution in [3.05, 3.63) is 60.7 Å². The van der Waals surface area contributed by atoms with Crippen LogP contribution >= 0.6 is 22.0 Å². The first-order chi connectivity index (χ1) is 10.1. The second-order valence-electron chi connectivity index (χ2n) is 4.32. The fourth-order valence-corrected chi connectivity index (χ4v) is 4.44. The smallest absolute Gasteiger partial charge is 0.223 e. The van der Waals surface area contributed by atoms with E-state index in [1.165, 1.54) is 11.3 Å². The first-order valence-corrected chi connectivity index (χ1v) is 9.24. The van der Waals surface area contributed by atoms with Crippen LogP contribution in [-0.4, -0.2) is 13.4 Å². The predicted octanol–water partition coefficient (Wildman–Crippen LogP) is 4.40. The van der Waals surface area contributed by atoms with Crippen molar-refractivity contribution in [2.24, 2.45) is 0 Å². The molecule has 2 aromatic carbocycles. The van der Waals surface area contributed by atoms with Crippen molar-refractivity contribution in [3.8, 4) is 21.0 Å². The van der Waals surface area contributed by atoms with Crippen LogP contribution < -0.4 is 0 Å². The van der Waals surface area contributed by atoms with Gasteiger partial charge in [-0.05, 0) is 5.56 Å². The lowest BCUT2D eigenvalue weighted by Crippen LogP contribution is -1.93. The third kappa shape index (κ3) is 3.00. The van der Waals surface area contributed by atoms with E-state index in [4.69, 9.17) is 10.7 Å². The maximum Gasteiger partial charge on any atom is 0.280 e. The molecule has 0 aliphatic carbocycles. The number of thiazole rings is 1. The number of aromatic nitrogens is 1. The van der Waals surface area contributed by atoms with Crippen molar-refractivity contribution < 1.29 is 8.42 Å². The molecule has 0 saturated heterocycles. The SMILES string of the molecule is O=S(=O)(Cl)c1nc(-c2ccccc2)sc1-c1ccccc1. The summed E-state index contributed by atoms with van der Waals surface area (Å²) < 4.78 is 23.6. The molecule has 21 heavy (non-hydrogen) atoms. The van der Waals surface area contributed by atoms with Crippen LogP contribution in [0.25, 0.3) is 21.0 Å². The molecule has 3 nitrogen and oxygen atoms in total. The highest BCUT2D eigenvalue weighted by Crippen LogP contribution is 2.38. The Morgan fingerprint density at radius 1 is 0.857 bits per heavy atom. The summed E-state index contributed by atoms with van der Waals surface area (Å²) in [5.41, 5.74) is 1.66. The average Bonchev–Trinajstić information content (AvgIpc) is 2.94. The second kappa shape index (κ2) is 5.60. The summed E-state index contributed by atoms with van der Waals surface area (Å²) >= 11 is 1.32. The molecule has 106 valence electrons. The molecule has 0 unspecified atom stereocenters. The van der Waals surface area contributed by atoms with E-state index in [1.807, 2.05) is 60.7 Å². The molecule has 0 spiro atoms. The normalized spacial score (nSPS) is 11.5. The molecule has 0 aliphatic rings. The molecule has 0 fully saturated rings. The van der Waals surface area contributed by atoms with Crippen LogP contribution in [0.1, 0.15) is 0 Å². The standard InChI is InChI=1S/C15H10ClNO2S2/c16-21(18,19)15-13(11-7-3-1-4-8-11)20-14(17-15)12-9-5-2-6-10-12/h1-10H. The van der Waals surface area contributed by atoms with Gasteiger partial charge in [0.15, 0.2) is 5.03 Å². The highest BCUT2D eigenvalue weighted by molar-refractivity contribution is 8.13. The Bertz CT molecular complexity index is 859. The van der Waals surface area contributed by atoms with Gasteiger partial charge in [-0.25, -0.2) is 13.4 Å². The van der Waals surface area contributed by atoms with Gasteiger partial charge in [-0.1, -0.05) is 60.7 Å². The van der Waals surface area contributed by atoms with Crippen molar-refractivity contribution in [1.29, 1.82) is 0 Å². The maximum atomic E-state index is 11.8. The first kappa shape index (κ1) is 14.3. The van der Waals surface area contributed by atoms with E-state index >= 15 is 0 Å². The Labute approximate surface area is 131 Å². The van der Waals surface area contributed by atoms with Crippen molar-refractivity contribution >= 4 is 31.1 Å². The highest BCUT2D eigenvalue weighted by atomic mass is 35.7. The van der Waals surface area contributed by atoms with Crippen molar-refractivity contribution in [1.82, 2.24) is 4.98 Å². The van der Waals surface area contributed by atoms with Crippen LogP contribution in [0.5, 0.6) is 0 Å². The van der Waals surface area contributed by atoms with Crippen molar-refractivity contribution in [2.45, 2.75) is 5.03 Å². The molecule has 0 bridgehead atoms. The number of rotatable bonds is 3. The molecule has 0 atom stereocenters. The molecule has 1 aromatic heterocycles. The van der Waals surface area contributed by atoms with E-state index in [1.54, 1.807) is 0 Å². The molecule has 0 saturated carbocycles. The average molecular weight is 336 g/mol. The third-order valence-corrected chi connectivity index (χ3v) is 5.36. The van der Waals surface area contributed by atoms with Crippen molar-refractivity contribution in [3.63, 3.8) is 0 Å². The Morgan fingerprint density at radius 3 is 1.90 bits per heavy atom. The zero-order valence-corrected chi connectivity index (χ0v) is 13.1. The van der Waals surface area contributed by atoms with Crippen LogP contribution in [-0.2, 0) is 9.05 Å². The fraction of sp³-hybridized carbons (Fsp3) is 0. The van der Waals surface area contributed by atoms with Gasteiger partial charge < -0.3 is 0 Å². The summed E-state index contributed by atoms with van der Waals surface area (Å²) in [6, 6.07) is 18.7. The van der Waals surface area contributed by atoms with Gasteiger partial charge in [-0.15, -0.1) is 11.3 Å².